The Morgan fingerprint density at radius 1 is 0.568 bits per heavy atom. The molecule has 0 atom stereocenters. The van der Waals surface area contributed by atoms with E-state index in [4.69, 9.17) is 14.2 Å². The summed E-state index contributed by atoms with van der Waals surface area (Å²) in [7, 11) is 1.43. The van der Waals surface area contributed by atoms with Gasteiger partial charge in [0.15, 0.2) is 0 Å². The lowest BCUT2D eigenvalue weighted by atomic mass is 9.84. The first-order chi connectivity index (χ1) is 17.9. The molecule has 218 valence electrons. The minimum Gasteiger partial charge on any atom is -0.469 e. The van der Waals surface area contributed by atoms with Crippen molar-refractivity contribution in [1.82, 2.24) is 0 Å². The van der Waals surface area contributed by atoms with Crippen molar-refractivity contribution in [1.29, 1.82) is 0 Å². The number of ether oxygens (including phenoxy) is 4. The van der Waals surface area contributed by atoms with E-state index in [1.54, 1.807) is 0 Å². The van der Waals surface area contributed by atoms with E-state index in [1.807, 2.05) is 13.8 Å². The molecule has 0 saturated heterocycles. The number of rotatable bonds is 28. The van der Waals surface area contributed by atoms with Crippen molar-refractivity contribution in [2.75, 3.05) is 46.8 Å². The molecule has 0 fully saturated rings. The molecule has 0 bridgehead atoms. The Kier molecular flexibility index (Phi) is 24.1. The van der Waals surface area contributed by atoms with Crippen LogP contribution in [0.15, 0.2) is 0 Å². The third-order valence-corrected chi connectivity index (χ3v) is 6.60. The SMILES string of the molecule is CCCCCC(=O)CCOCC(COCC)(COCC)CC(=O)CCCCCCCCCCC(=O)OC. The van der Waals surface area contributed by atoms with Gasteiger partial charge < -0.3 is 18.9 Å². The molecule has 0 heterocycles. The molecule has 0 amide bonds. The molecule has 7 heteroatoms. The second-order valence-corrected chi connectivity index (χ2v) is 10.2. The molecule has 0 unspecified atom stereocenters. The van der Waals surface area contributed by atoms with Crippen LogP contribution in [0.4, 0.5) is 0 Å². The maximum Gasteiger partial charge on any atom is 0.305 e. The van der Waals surface area contributed by atoms with Crippen molar-refractivity contribution in [2.45, 2.75) is 124 Å². The number of ketones is 2. The van der Waals surface area contributed by atoms with Crippen molar-refractivity contribution in [3.8, 4) is 0 Å². The molecule has 0 aromatic carbocycles. The molecule has 7 nitrogen and oxygen atoms in total. The van der Waals surface area contributed by atoms with E-state index in [9.17, 15) is 14.4 Å². The normalized spacial score (nSPS) is 11.6. The molecule has 0 aromatic heterocycles. The smallest absolute Gasteiger partial charge is 0.305 e. The fourth-order valence-corrected chi connectivity index (χ4v) is 4.35. The second-order valence-electron chi connectivity index (χ2n) is 10.2. The summed E-state index contributed by atoms with van der Waals surface area (Å²) in [5.74, 6) is 0.336. The van der Waals surface area contributed by atoms with Crippen molar-refractivity contribution in [2.24, 2.45) is 5.41 Å². The summed E-state index contributed by atoms with van der Waals surface area (Å²) < 4.78 is 22.1. The molecular weight excluding hydrogens is 472 g/mol. The van der Waals surface area contributed by atoms with Crippen LogP contribution < -0.4 is 0 Å². The molecule has 0 aliphatic heterocycles. The summed E-state index contributed by atoms with van der Waals surface area (Å²) in [6.07, 6.45) is 14.1. The first-order valence-electron chi connectivity index (χ1n) is 14.8. The zero-order valence-electron chi connectivity index (χ0n) is 24.4. The number of hydrogen-bond donors (Lipinski definition) is 0. The van der Waals surface area contributed by atoms with Gasteiger partial charge in [-0.2, -0.15) is 0 Å². The number of carbonyl (C=O) groups is 3. The summed E-state index contributed by atoms with van der Waals surface area (Å²) in [6.45, 7) is 8.72. The van der Waals surface area contributed by atoms with Gasteiger partial charge in [-0.05, 0) is 33.1 Å². The van der Waals surface area contributed by atoms with Gasteiger partial charge in [0.25, 0.3) is 0 Å². The Labute approximate surface area is 226 Å². The van der Waals surface area contributed by atoms with E-state index in [0.29, 0.717) is 71.7 Å². The minimum absolute atomic E-state index is 0.129. The number of methoxy groups -OCH3 is 1. The lowest BCUT2D eigenvalue weighted by Crippen LogP contribution is -2.39. The molecular formula is C30H56O7. The van der Waals surface area contributed by atoms with E-state index in [-0.39, 0.29) is 17.5 Å². The summed E-state index contributed by atoms with van der Waals surface area (Å²) in [5, 5.41) is 0. The molecule has 0 aromatic rings. The zero-order chi connectivity index (χ0) is 27.6. The highest BCUT2D eigenvalue weighted by molar-refractivity contribution is 5.79. The predicted octanol–water partition coefficient (Wildman–Crippen LogP) is 6.64. The van der Waals surface area contributed by atoms with E-state index in [0.717, 1.165) is 64.2 Å². The first kappa shape index (κ1) is 35.7. The van der Waals surface area contributed by atoms with Gasteiger partial charge in [0.2, 0.25) is 0 Å². The molecule has 0 N–H and O–H groups in total. The standard InChI is InChI=1S/C30H56O7/c1-5-8-15-18-27(31)21-22-37-26-30(24-35-6-2,25-36-7-3)23-28(32)19-16-13-11-9-10-12-14-17-20-29(33)34-4/h5-26H2,1-4H3. The van der Waals surface area contributed by atoms with Crippen molar-refractivity contribution < 1.29 is 33.3 Å². The largest absolute Gasteiger partial charge is 0.469 e. The van der Waals surface area contributed by atoms with E-state index in [2.05, 4.69) is 11.7 Å². The highest BCUT2D eigenvalue weighted by atomic mass is 16.5. The van der Waals surface area contributed by atoms with Crippen LogP contribution >= 0.6 is 0 Å². The van der Waals surface area contributed by atoms with Crippen LogP contribution in [0.25, 0.3) is 0 Å². The van der Waals surface area contributed by atoms with Crippen LogP contribution in [0.5, 0.6) is 0 Å². The van der Waals surface area contributed by atoms with Crippen LogP contribution in [0.1, 0.15) is 124 Å². The lowest BCUT2D eigenvalue weighted by Gasteiger charge is -2.32. The third kappa shape index (κ3) is 21.3. The Morgan fingerprint density at radius 2 is 1.05 bits per heavy atom. The number of unbranched alkanes of at least 4 members (excludes halogenated alkanes) is 9. The summed E-state index contributed by atoms with van der Waals surface area (Å²) in [4.78, 5) is 36.1. The van der Waals surface area contributed by atoms with Crippen molar-refractivity contribution >= 4 is 17.5 Å². The predicted molar refractivity (Wildman–Crippen MR) is 148 cm³/mol. The molecule has 0 aliphatic rings. The zero-order valence-corrected chi connectivity index (χ0v) is 24.4. The fraction of sp³-hybridized carbons (Fsp3) is 0.900. The van der Waals surface area contributed by atoms with Gasteiger partial charge in [-0.1, -0.05) is 58.3 Å². The van der Waals surface area contributed by atoms with E-state index in [1.165, 1.54) is 13.5 Å². The van der Waals surface area contributed by atoms with Gasteiger partial charge >= 0.3 is 5.97 Å². The molecule has 0 aliphatic carbocycles. The van der Waals surface area contributed by atoms with Gasteiger partial charge in [-0.3, -0.25) is 14.4 Å². The van der Waals surface area contributed by atoms with Crippen LogP contribution in [0.2, 0.25) is 0 Å². The Bertz CT molecular complexity index is 568. The highest BCUT2D eigenvalue weighted by Gasteiger charge is 2.34. The Morgan fingerprint density at radius 3 is 1.59 bits per heavy atom. The summed E-state index contributed by atoms with van der Waals surface area (Å²) in [6, 6.07) is 0. The molecule has 37 heavy (non-hydrogen) atoms. The van der Waals surface area contributed by atoms with Crippen LogP contribution in [0.3, 0.4) is 0 Å². The van der Waals surface area contributed by atoms with Crippen molar-refractivity contribution in [3.05, 3.63) is 0 Å². The van der Waals surface area contributed by atoms with Gasteiger partial charge in [-0.25, -0.2) is 0 Å². The van der Waals surface area contributed by atoms with Crippen molar-refractivity contribution in [3.63, 3.8) is 0 Å². The highest BCUT2D eigenvalue weighted by Crippen LogP contribution is 2.27. The maximum absolute atomic E-state index is 12.9. The van der Waals surface area contributed by atoms with Gasteiger partial charge in [0.1, 0.15) is 11.6 Å². The fourth-order valence-electron chi connectivity index (χ4n) is 4.35. The Hall–Kier alpha value is -1.31. The van der Waals surface area contributed by atoms with Crippen LogP contribution in [-0.4, -0.2) is 64.3 Å². The molecule has 0 rings (SSSR count). The monoisotopic (exact) mass is 528 g/mol. The van der Waals surface area contributed by atoms with E-state index < -0.39 is 5.41 Å². The van der Waals surface area contributed by atoms with Gasteiger partial charge in [0, 0.05) is 50.7 Å². The number of hydrogen-bond acceptors (Lipinski definition) is 7. The number of Topliss-reactive ketones (excluding diaryl/α,β-unsaturated/α-hetero) is 2. The lowest BCUT2D eigenvalue weighted by molar-refractivity contribution is -0.140. The topological polar surface area (TPSA) is 88.1 Å². The average Bonchev–Trinajstić information content (AvgIpc) is 2.89. The first-order valence-corrected chi connectivity index (χ1v) is 14.8. The minimum atomic E-state index is -0.515. The Balaban J connectivity index is 4.39. The maximum atomic E-state index is 12.9. The van der Waals surface area contributed by atoms with Gasteiger partial charge in [-0.15, -0.1) is 0 Å². The van der Waals surface area contributed by atoms with Crippen LogP contribution in [-0.2, 0) is 33.3 Å². The number of esters is 1. The third-order valence-electron chi connectivity index (χ3n) is 6.60. The molecule has 0 saturated carbocycles. The van der Waals surface area contributed by atoms with E-state index >= 15 is 0 Å². The molecule has 0 spiro atoms. The quantitative estimate of drug-likeness (QED) is 0.0831. The average molecular weight is 529 g/mol. The number of carbonyl (C=O) groups excluding carboxylic acids is 3. The second kappa shape index (κ2) is 25.0. The van der Waals surface area contributed by atoms with Crippen LogP contribution in [0, 0.1) is 5.41 Å². The summed E-state index contributed by atoms with van der Waals surface area (Å²) in [5.41, 5.74) is -0.515. The van der Waals surface area contributed by atoms with Gasteiger partial charge in [0.05, 0.1) is 33.5 Å². The summed E-state index contributed by atoms with van der Waals surface area (Å²) >= 11 is 0. The molecule has 0 radical (unpaired) electrons.